The van der Waals surface area contributed by atoms with Crippen LogP contribution in [0.1, 0.15) is 69.4 Å². The third-order valence-electron chi connectivity index (χ3n) is 5.27. The van der Waals surface area contributed by atoms with Crippen LogP contribution in [0.2, 0.25) is 0 Å². The number of hydrogen-bond acceptors (Lipinski definition) is 3. The van der Waals surface area contributed by atoms with Crippen LogP contribution in [0.3, 0.4) is 0 Å². The van der Waals surface area contributed by atoms with E-state index in [-0.39, 0.29) is 4.90 Å². The SMILES string of the molecule is CCCCCCCCCCc1c(OC)ccc(C)c1NS(=O)(=O)c1ccccc1. The normalized spacial score (nSPS) is 11.4. The van der Waals surface area contributed by atoms with Gasteiger partial charge in [0.25, 0.3) is 10.0 Å². The Hall–Kier alpha value is -2.01. The fourth-order valence-corrected chi connectivity index (χ4v) is 4.74. The molecule has 0 heterocycles. The Labute approximate surface area is 176 Å². The smallest absolute Gasteiger partial charge is 0.261 e. The minimum absolute atomic E-state index is 0.264. The van der Waals surface area contributed by atoms with Crippen LogP contribution in [-0.4, -0.2) is 15.5 Å². The van der Waals surface area contributed by atoms with Gasteiger partial charge in [0.05, 0.1) is 17.7 Å². The quantitative estimate of drug-likeness (QED) is 0.379. The first-order chi connectivity index (χ1) is 14.0. The van der Waals surface area contributed by atoms with Crippen molar-refractivity contribution in [3.8, 4) is 5.75 Å². The first-order valence-electron chi connectivity index (χ1n) is 10.7. The second-order valence-corrected chi connectivity index (χ2v) is 9.26. The molecule has 0 saturated heterocycles. The van der Waals surface area contributed by atoms with E-state index >= 15 is 0 Å². The number of unbranched alkanes of at least 4 members (excludes halogenated alkanes) is 7. The summed E-state index contributed by atoms with van der Waals surface area (Å²) in [4.78, 5) is 0.264. The van der Waals surface area contributed by atoms with Gasteiger partial charge in [0.2, 0.25) is 0 Å². The minimum Gasteiger partial charge on any atom is -0.496 e. The molecule has 0 aromatic heterocycles. The number of aryl methyl sites for hydroxylation is 1. The molecule has 4 nitrogen and oxygen atoms in total. The molecular formula is C24H35NO3S. The van der Waals surface area contributed by atoms with Crippen molar-refractivity contribution >= 4 is 15.7 Å². The number of methoxy groups -OCH3 is 1. The third kappa shape index (κ3) is 7.07. The monoisotopic (exact) mass is 417 g/mol. The first-order valence-corrected chi connectivity index (χ1v) is 12.2. The predicted octanol–water partition coefficient (Wildman–Crippen LogP) is 6.49. The maximum absolute atomic E-state index is 12.9. The van der Waals surface area contributed by atoms with Gasteiger partial charge in [-0.3, -0.25) is 4.72 Å². The highest BCUT2D eigenvalue weighted by Gasteiger charge is 2.19. The summed E-state index contributed by atoms with van der Waals surface area (Å²) < 4.78 is 34.1. The zero-order valence-corrected chi connectivity index (χ0v) is 18.9. The number of hydrogen-bond donors (Lipinski definition) is 1. The van der Waals surface area contributed by atoms with E-state index < -0.39 is 10.0 Å². The Morgan fingerprint density at radius 3 is 2.10 bits per heavy atom. The maximum Gasteiger partial charge on any atom is 0.261 e. The fourth-order valence-electron chi connectivity index (χ4n) is 3.56. The van der Waals surface area contributed by atoms with E-state index in [9.17, 15) is 8.42 Å². The predicted molar refractivity (Wildman–Crippen MR) is 121 cm³/mol. The van der Waals surface area contributed by atoms with Gasteiger partial charge in [-0.1, -0.05) is 76.1 Å². The van der Waals surface area contributed by atoms with Gasteiger partial charge in [-0.25, -0.2) is 8.42 Å². The van der Waals surface area contributed by atoms with Gasteiger partial charge >= 0.3 is 0 Å². The summed E-state index contributed by atoms with van der Waals surface area (Å²) in [5, 5.41) is 0. The van der Waals surface area contributed by atoms with E-state index in [0.29, 0.717) is 5.69 Å². The standard InChI is InChI=1S/C24H35NO3S/c1-4-5-6-7-8-9-10-14-17-22-23(28-3)19-18-20(2)24(22)25-29(26,27)21-15-12-11-13-16-21/h11-13,15-16,18-19,25H,4-10,14,17H2,1-3H3. The van der Waals surface area contributed by atoms with Crippen molar-refractivity contribution in [2.45, 2.75) is 76.5 Å². The average molecular weight is 418 g/mol. The van der Waals surface area contributed by atoms with Crippen LogP contribution in [0.15, 0.2) is 47.4 Å². The van der Waals surface area contributed by atoms with Crippen molar-refractivity contribution in [2.75, 3.05) is 11.8 Å². The molecule has 160 valence electrons. The second-order valence-electron chi connectivity index (χ2n) is 7.58. The first kappa shape index (κ1) is 23.3. The number of benzene rings is 2. The summed E-state index contributed by atoms with van der Waals surface area (Å²) in [6, 6.07) is 12.3. The average Bonchev–Trinajstić information content (AvgIpc) is 2.73. The summed E-state index contributed by atoms with van der Waals surface area (Å²) >= 11 is 0. The summed E-state index contributed by atoms with van der Waals surface area (Å²) in [6.07, 6.45) is 10.7. The Kier molecular flexibility index (Phi) is 9.52. The van der Waals surface area contributed by atoms with Crippen molar-refractivity contribution < 1.29 is 13.2 Å². The largest absolute Gasteiger partial charge is 0.496 e. The lowest BCUT2D eigenvalue weighted by molar-refractivity contribution is 0.409. The molecule has 0 bridgehead atoms. The number of ether oxygens (including phenoxy) is 1. The molecule has 0 aliphatic heterocycles. The van der Waals surface area contributed by atoms with Crippen molar-refractivity contribution in [3.63, 3.8) is 0 Å². The molecule has 0 amide bonds. The van der Waals surface area contributed by atoms with Gasteiger partial charge in [0.1, 0.15) is 5.75 Å². The van der Waals surface area contributed by atoms with Crippen LogP contribution < -0.4 is 9.46 Å². The Morgan fingerprint density at radius 2 is 1.48 bits per heavy atom. The Bertz CT molecular complexity index is 848. The number of rotatable bonds is 13. The highest BCUT2D eigenvalue weighted by molar-refractivity contribution is 7.92. The molecule has 0 spiro atoms. The van der Waals surface area contributed by atoms with Gasteiger partial charge in [-0.05, 0) is 43.5 Å². The van der Waals surface area contributed by atoms with Crippen LogP contribution in [0.25, 0.3) is 0 Å². The summed E-state index contributed by atoms with van der Waals surface area (Å²) in [7, 11) is -2.00. The highest BCUT2D eigenvalue weighted by Crippen LogP contribution is 2.33. The van der Waals surface area contributed by atoms with Gasteiger partial charge < -0.3 is 4.74 Å². The summed E-state index contributed by atoms with van der Waals surface area (Å²) in [5.41, 5.74) is 2.49. The topological polar surface area (TPSA) is 55.4 Å². The zero-order valence-electron chi connectivity index (χ0n) is 18.0. The number of sulfonamides is 1. The molecule has 0 atom stereocenters. The minimum atomic E-state index is -3.64. The Balaban J connectivity index is 2.08. The summed E-state index contributed by atoms with van der Waals surface area (Å²) in [6.45, 7) is 4.17. The molecule has 5 heteroatoms. The van der Waals surface area contributed by atoms with Gasteiger partial charge in [-0.15, -0.1) is 0 Å². The molecule has 0 saturated carbocycles. The lowest BCUT2D eigenvalue weighted by atomic mass is 10.00. The van der Waals surface area contributed by atoms with E-state index in [2.05, 4.69) is 11.6 Å². The molecule has 0 aliphatic carbocycles. The maximum atomic E-state index is 12.9. The van der Waals surface area contributed by atoms with Crippen LogP contribution in [0.5, 0.6) is 5.75 Å². The highest BCUT2D eigenvalue weighted by atomic mass is 32.2. The molecule has 0 fully saturated rings. The summed E-state index contributed by atoms with van der Waals surface area (Å²) in [5.74, 6) is 0.740. The van der Waals surface area contributed by atoms with E-state index in [1.807, 2.05) is 25.1 Å². The molecule has 2 rings (SSSR count). The van der Waals surface area contributed by atoms with Crippen LogP contribution in [0, 0.1) is 6.92 Å². The third-order valence-corrected chi connectivity index (χ3v) is 6.63. The second kappa shape index (κ2) is 11.9. The van der Waals surface area contributed by atoms with E-state index in [1.165, 1.54) is 38.5 Å². The lowest BCUT2D eigenvalue weighted by Crippen LogP contribution is -2.15. The van der Waals surface area contributed by atoms with Gasteiger partial charge in [0.15, 0.2) is 0 Å². The number of nitrogens with one attached hydrogen (secondary N) is 1. The van der Waals surface area contributed by atoms with Crippen molar-refractivity contribution in [3.05, 3.63) is 53.6 Å². The fraction of sp³-hybridized carbons (Fsp3) is 0.500. The van der Waals surface area contributed by atoms with Crippen molar-refractivity contribution in [1.82, 2.24) is 0 Å². The van der Waals surface area contributed by atoms with E-state index in [0.717, 1.165) is 36.1 Å². The molecule has 0 unspecified atom stereocenters. The van der Waals surface area contributed by atoms with Crippen LogP contribution in [0.4, 0.5) is 5.69 Å². The molecule has 2 aromatic carbocycles. The molecule has 29 heavy (non-hydrogen) atoms. The zero-order chi connectivity index (χ0) is 21.1. The van der Waals surface area contributed by atoms with Gasteiger partial charge in [-0.2, -0.15) is 0 Å². The van der Waals surface area contributed by atoms with Crippen LogP contribution >= 0.6 is 0 Å². The van der Waals surface area contributed by atoms with E-state index in [1.54, 1.807) is 31.4 Å². The Morgan fingerprint density at radius 1 is 0.862 bits per heavy atom. The van der Waals surface area contributed by atoms with Gasteiger partial charge in [0, 0.05) is 5.56 Å². The lowest BCUT2D eigenvalue weighted by Gasteiger charge is -2.18. The van der Waals surface area contributed by atoms with Crippen LogP contribution in [-0.2, 0) is 16.4 Å². The number of anilines is 1. The molecule has 2 aromatic rings. The van der Waals surface area contributed by atoms with E-state index in [4.69, 9.17) is 4.74 Å². The van der Waals surface area contributed by atoms with Crippen molar-refractivity contribution in [1.29, 1.82) is 0 Å². The molecule has 0 radical (unpaired) electrons. The van der Waals surface area contributed by atoms with Crippen molar-refractivity contribution in [2.24, 2.45) is 0 Å². The molecule has 0 aliphatic rings. The molecule has 1 N–H and O–H groups in total. The molecular weight excluding hydrogens is 382 g/mol.